The topological polar surface area (TPSA) is 117 Å². The van der Waals surface area contributed by atoms with E-state index in [4.69, 9.17) is 21.9 Å². The van der Waals surface area contributed by atoms with Gasteiger partial charge in [-0.2, -0.15) is 0 Å². The van der Waals surface area contributed by atoms with Gasteiger partial charge in [0.05, 0.1) is 0 Å². The number of rotatable bonds is 5. The van der Waals surface area contributed by atoms with Crippen LogP contribution in [0.25, 0.3) is 0 Å². The molecule has 6 N–H and O–H groups in total. The van der Waals surface area contributed by atoms with Crippen molar-refractivity contribution in [2.45, 2.75) is 6.92 Å². The first kappa shape index (κ1) is 15.9. The zero-order valence-corrected chi connectivity index (χ0v) is 12.3. The first-order valence-electron chi connectivity index (χ1n) is 5.80. The van der Waals surface area contributed by atoms with Crippen molar-refractivity contribution >= 4 is 29.9 Å². The highest BCUT2D eigenvalue weighted by atomic mass is 32.1. The van der Waals surface area contributed by atoms with Crippen molar-refractivity contribution in [3.63, 3.8) is 0 Å². The van der Waals surface area contributed by atoms with Gasteiger partial charge < -0.3 is 21.9 Å². The number of nitrogens with two attached hydrogens (primary N) is 3. The molecule has 0 atom stereocenters. The maximum absolute atomic E-state index is 11.3. The maximum Gasteiger partial charge on any atom is 0.267 e. The molecule has 0 unspecified atom stereocenters. The highest BCUT2D eigenvalue weighted by Gasteiger charge is 2.14. The zero-order chi connectivity index (χ0) is 15.3. The number of hydrogen-bond donors (Lipinski definition) is 4. The zero-order valence-electron chi connectivity index (χ0n) is 11.4. The van der Waals surface area contributed by atoms with Crippen LogP contribution in [0.15, 0.2) is 33.8 Å². The third-order valence-electron chi connectivity index (χ3n) is 2.57. The molecule has 6 nitrogen and oxygen atoms in total. The molecule has 1 aromatic rings. The van der Waals surface area contributed by atoms with E-state index in [1.54, 1.807) is 25.1 Å². The lowest BCUT2D eigenvalue weighted by atomic mass is 10.1. The molecule has 7 heteroatoms. The van der Waals surface area contributed by atoms with E-state index in [9.17, 15) is 4.79 Å². The van der Waals surface area contributed by atoms with Gasteiger partial charge in [-0.1, -0.05) is 0 Å². The molecule has 0 fully saturated rings. The summed E-state index contributed by atoms with van der Waals surface area (Å²) in [5, 5.41) is 0. The molecule has 0 aliphatic rings. The number of aliphatic imine (C=N–C) groups is 1. The van der Waals surface area contributed by atoms with E-state index in [-0.39, 0.29) is 12.3 Å². The molecule has 1 rings (SSSR count). The fourth-order valence-corrected chi connectivity index (χ4v) is 1.52. The summed E-state index contributed by atoms with van der Waals surface area (Å²) in [4.78, 5) is 15.8. The smallest absolute Gasteiger partial charge is 0.267 e. The van der Waals surface area contributed by atoms with E-state index in [0.29, 0.717) is 27.6 Å². The molecule has 20 heavy (non-hydrogen) atoms. The molecule has 0 saturated carbocycles. The summed E-state index contributed by atoms with van der Waals surface area (Å²) in [5.41, 5.74) is 18.2. The van der Waals surface area contributed by atoms with Crippen molar-refractivity contribution < 1.29 is 9.53 Å². The lowest BCUT2D eigenvalue weighted by Gasteiger charge is -2.11. The van der Waals surface area contributed by atoms with Crippen LogP contribution in [0.4, 0.5) is 5.69 Å². The Hall–Kier alpha value is -2.15. The van der Waals surface area contributed by atoms with Gasteiger partial charge in [-0.15, -0.1) is 12.6 Å². The highest BCUT2D eigenvalue weighted by molar-refractivity contribution is 7.84. The molecule has 0 aliphatic carbocycles. The lowest BCUT2D eigenvalue weighted by Crippen LogP contribution is -2.25. The van der Waals surface area contributed by atoms with Gasteiger partial charge in [0.2, 0.25) is 0 Å². The van der Waals surface area contributed by atoms with Crippen LogP contribution in [0.3, 0.4) is 0 Å². The van der Waals surface area contributed by atoms with Crippen molar-refractivity contribution in [1.29, 1.82) is 0 Å². The quantitative estimate of drug-likeness (QED) is 0.363. The third-order valence-corrected chi connectivity index (χ3v) is 3.05. The van der Waals surface area contributed by atoms with Gasteiger partial charge in [-0.05, 0) is 25.1 Å². The number of allylic oxidation sites excluding steroid dienone is 1. The van der Waals surface area contributed by atoms with E-state index < -0.39 is 5.91 Å². The molecular formula is C13H18N4O2S. The van der Waals surface area contributed by atoms with Crippen LogP contribution in [-0.2, 0) is 4.79 Å². The summed E-state index contributed by atoms with van der Waals surface area (Å²) in [7, 11) is 1.47. The molecule has 0 aliphatic heterocycles. The van der Waals surface area contributed by atoms with Crippen LogP contribution in [0.2, 0.25) is 0 Å². The predicted octanol–water partition coefficient (Wildman–Crippen LogP) is 0.672. The van der Waals surface area contributed by atoms with Crippen LogP contribution in [-0.4, -0.2) is 25.3 Å². The van der Waals surface area contributed by atoms with Crippen molar-refractivity contribution in [3.05, 3.63) is 34.4 Å². The molecule has 0 radical (unpaired) electrons. The van der Waals surface area contributed by atoms with Gasteiger partial charge in [-0.3, -0.25) is 9.79 Å². The number of thiol groups is 1. The van der Waals surface area contributed by atoms with E-state index in [2.05, 4.69) is 17.6 Å². The van der Waals surface area contributed by atoms with Crippen molar-refractivity contribution in [1.82, 2.24) is 0 Å². The SMILES string of the molecule is CN=C(C(N)=O)c1cc(OC/C(S)=C(\C)N)ccc1N. The van der Waals surface area contributed by atoms with Crippen LogP contribution in [0.1, 0.15) is 12.5 Å². The maximum atomic E-state index is 11.3. The van der Waals surface area contributed by atoms with Gasteiger partial charge in [0, 0.05) is 28.9 Å². The lowest BCUT2D eigenvalue weighted by molar-refractivity contribution is -0.111. The standard InChI is InChI=1S/C13H18N4O2S/c1-7(14)11(20)6-19-8-3-4-10(15)9(5-8)12(17-2)13(16)18/h3-5,20H,6,14-15H2,1-2H3,(H2,16,18)/b11-7-,17-12?. The minimum atomic E-state index is -0.649. The first-order chi connectivity index (χ1) is 9.36. The second-order valence-corrected chi connectivity index (χ2v) is 4.64. The van der Waals surface area contributed by atoms with Crippen LogP contribution in [0, 0.1) is 0 Å². The average Bonchev–Trinajstić information content (AvgIpc) is 2.39. The Morgan fingerprint density at radius 2 is 2.05 bits per heavy atom. The Bertz CT molecular complexity index is 578. The summed E-state index contributed by atoms with van der Waals surface area (Å²) >= 11 is 4.20. The Morgan fingerprint density at radius 3 is 2.55 bits per heavy atom. The number of nitrogen functional groups attached to an aromatic ring is 1. The fourth-order valence-electron chi connectivity index (χ4n) is 1.46. The molecule has 108 valence electrons. The Morgan fingerprint density at radius 1 is 1.40 bits per heavy atom. The molecule has 0 spiro atoms. The molecule has 1 aromatic carbocycles. The van der Waals surface area contributed by atoms with Gasteiger partial charge >= 0.3 is 0 Å². The van der Waals surface area contributed by atoms with Gasteiger partial charge in [0.25, 0.3) is 5.91 Å². The summed E-state index contributed by atoms with van der Waals surface area (Å²) in [6.07, 6.45) is 0. The molecule has 1 amide bonds. The first-order valence-corrected chi connectivity index (χ1v) is 6.25. The molecular weight excluding hydrogens is 276 g/mol. The normalized spacial score (nSPS) is 12.8. The Labute approximate surface area is 123 Å². The van der Waals surface area contributed by atoms with E-state index in [1.807, 2.05) is 0 Å². The van der Waals surface area contributed by atoms with Gasteiger partial charge in [-0.25, -0.2) is 0 Å². The summed E-state index contributed by atoms with van der Waals surface area (Å²) in [6, 6.07) is 4.91. The summed E-state index contributed by atoms with van der Waals surface area (Å²) < 4.78 is 5.52. The largest absolute Gasteiger partial charge is 0.488 e. The van der Waals surface area contributed by atoms with Crippen LogP contribution < -0.4 is 21.9 Å². The third kappa shape index (κ3) is 3.92. The number of anilines is 1. The Kier molecular flexibility index (Phi) is 5.45. The second-order valence-electron chi connectivity index (χ2n) is 4.10. The van der Waals surface area contributed by atoms with E-state index >= 15 is 0 Å². The fraction of sp³-hybridized carbons (Fsp3) is 0.231. The number of nitrogens with zero attached hydrogens (tertiary/aromatic N) is 1. The van der Waals surface area contributed by atoms with Crippen LogP contribution >= 0.6 is 12.6 Å². The number of hydrogen-bond acceptors (Lipinski definition) is 6. The van der Waals surface area contributed by atoms with Crippen LogP contribution in [0.5, 0.6) is 5.75 Å². The Balaban J connectivity index is 3.03. The van der Waals surface area contributed by atoms with E-state index in [1.165, 1.54) is 7.05 Å². The molecule has 0 saturated heterocycles. The molecule has 0 heterocycles. The van der Waals surface area contributed by atoms with Gasteiger partial charge in [0.15, 0.2) is 0 Å². The van der Waals surface area contributed by atoms with E-state index in [0.717, 1.165) is 0 Å². The summed E-state index contributed by atoms with van der Waals surface area (Å²) in [5.74, 6) is -0.131. The minimum absolute atomic E-state index is 0.101. The average molecular weight is 294 g/mol. The molecule has 0 aromatic heterocycles. The second kappa shape index (κ2) is 6.85. The van der Waals surface area contributed by atoms with Gasteiger partial charge in [0.1, 0.15) is 18.1 Å². The van der Waals surface area contributed by atoms with Crippen molar-refractivity contribution in [2.24, 2.45) is 16.5 Å². The molecule has 0 bridgehead atoms. The predicted molar refractivity (Wildman–Crippen MR) is 83.9 cm³/mol. The highest BCUT2D eigenvalue weighted by Crippen LogP contribution is 2.21. The number of benzene rings is 1. The number of ether oxygens (including phenoxy) is 1. The summed E-state index contributed by atoms with van der Waals surface area (Å²) in [6.45, 7) is 1.96. The van der Waals surface area contributed by atoms with Crippen molar-refractivity contribution in [2.75, 3.05) is 19.4 Å². The van der Waals surface area contributed by atoms with Crippen molar-refractivity contribution in [3.8, 4) is 5.75 Å². The monoisotopic (exact) mass is 294 g/mol. The minimum Gasteiger partial charge on any atom is -0.488 e. The number of carbonyl (C=O) groups excluding carboxylic acids is 1. The number of carbonyl (C=O) groups is 1. The number of amides is 1. The number of primary amides is 1.